The molecule has 3 N–H and O–H groups in total. The summed E-state index contributed by atoms with van der Waals surface area (Å²) in [5, 5.41) is 10.1. The van der Waals surface area contributed by atoms with Crippen LogP contribution in [0.3, 0.4) is 0 Å². The molecular formula is C17H31N5. The number of hydrogen-bond acceptors (Lipinski definition) is 3. The van der Waals surface area contributed by atoms with Gasteiger partial charge >= 0.3 is 0 Å². The molecule has 0 spiro atoms. The molecule has 0 aromatic carbocycles. The van der Waals surface area contributed by atoms with E-state index in [0.29, 0.717) is 0 Å². The van der Waals surface area contributed by atoms with Gasteiger partial charge in [0.25, 0.3) is 0 Å². The maximum absolute atomic E-state index is 4.26. The highest BCUT2D eigenvalue weighted by atomic mass is 15.2. The van der Waals surface area contributed by atoms with Crippen LogP contribution in [0, 0.1) is 5.92 Å². The van der Waals surface area contributed by atoms with Crippen molar-refractivity contribution in [2.45, 2.75) is 39.5 Å². The topological polar surface area (TPSA) is 61.3 Å². The van der Waals surface area contributed by atoms with Gasteiger partial charge in [-0.2, -0.15) is 0 Å². The van der Waals surface area contributed by atoms with E-state index in [1.165, 1.54) is 12.8 Å². The lowest BCUT2D eigenvalue weighted by atomic mass is 10.0. The van der Waals surface area contributed by atoms with Gasteiger partial charge in [-0.1, -0.05) is 32.8 Å². The van der Waals surface area contributed by atoms with Gasteiger partial charge in [0.15, 0.2) is 5.96 Å². The number of hydrogen-bond donors (Lipinski definition) is 3. The molecular weight excluding hydrogens is 274 g/mol. The molecule has 22 heavy (non-hydrogen) atoms. The number of anilines is 1. The Morgan fingerprint density at radius 3 is 2.55 bits per heavy atom. The van der Waals surface area contributed by atoms with E-state index in [4.69, 9.17) is 0 Å². The number of unbranched alkanes of at least 4 members (excludes halogenated alkanes) is 1. The van der Waals surface area contributed by atoms with Crippen molar-refractivity contribution in [2.24, 2.45) is 10.9 Å². The summed E-state index contributed by atoms with van der Waals surface area (Å²) in [5.41, 5.74) is 0. The van der Waals surface area contributed by atoms with Crippen molar-refractivity contribution in [3.8, 4) is 0 Å². The van der Waals surface area contributed by atoms with Crippen molar-refractivity contribution in [1.29, 1.82) is 0 Å². The van der Waals surface area contributed by atoms with Crippen molar-refractivity contribution in [3.63, 3.8) is 0 Å². The Morgan fingerprint density at radius 1 is 1.14 bits per heavy atom. The number of guanidine groups is 1. The summed E-state index contributed by atoms with van der Waals surface area (Å²) in [5.74, 6) is 2.57. The first-order chi connectivity index (χ1) is 10.8. The average Bonchev–Trinajstić information content (AvgIpc) is 2.57. The van der Waals surface area contributed by atoms with E-state index in [0.717, 1.165) is 50.2 Å². The fourth-order valence-electron chi connectivity index (χ4n) is 2.18. The molecule has 0 aliphatic rings. The third-order valence-electron chi connectivity index (χ3n) is 3.80. The number of pyridine rings is 1. The highest BCUT2D eigenvalue weighted by molar-refractivity contribution is 5.79. The Morgan fingerprint density at radius 2 is 1.91 bits per heavy atom. The highest BCUT2D eigenvalue weighted by Crippen LogP contribution is 2.04. The maximum Gasteiger partial charge on any atom is 0.190 e. The molecule has 0 bridgehead atoms. The molecule has 124 valence electrons. The number of nitrogens with one attached hydrogen (secondary N) is 3. The van der Waals surface area contributed by atoms with Gasteiger partial charge in [0.1, 0.15) is 5.82 Å². The summed E-state index contributed by atoms with van der Waals surface area (Å²) in [6.45, 7) is 7.35. The van der Waals surface area contributed by atoms with E-state index in [1.54, 1.807) is 6.20 Å². The zero-order chi connectivity index (χ0) is 16.0. The van der Waals surface area contributed by atoms with Crippen LogP contribution in [0.2, 0.25) is 0 Å². The predicted octanol–water partition coefficient (Wildman–Crippen LogP) is 2.87. The summed E-state index contributed by atoms with van der Waals surface area (Å²) < 4.78 is 0. The Hall–Kier alpha value is -1.78. The lowest BCUT2D eigenvalue weighted by Crippen LogP contribution is -2.40. The van der Waals surface area contributed by atoms with Crippen molar-refractivity contribution in [3.05, 3.63) is 24.4 Å². The average molecular weight is 305 g/mol. The van der Waals surface area contributed by atoms with Crippen molar-refractivity contribution < 1.29 is 0 Å². The summed E-state index contributed by atoms with van der Waals surface area (Å²) in [6, 6.07) is 5.91. The van der Waals surface area contributed by atoms with E-state index >= 15 is 0 Å². The van der Waals surface area contributed by atoms with Gasteiger partial charge in [0.2, 0.25) is 0 Å². The standard InChI is InChI=1S/C17H31N5/c1-4-15(5-2)14-22-17(18-3)21-13-9-8-12-20-16-10-6-7-11-19-16/h6-7,10-11,15H,4-5,8-9,12-14H2,1-3H3,(H,19,20)(H2,18,21,22). The number of aliphatic imine (C=N–C) groups is 1. The quantitative estimate of drug-likeness (QED) is 0.353. The number of nitrogens with zero attached hydrogens (tertiary/aromatic N) is 2. The van der Waals surface area contributed by atoms with Gasteiger partial charge in [-0.3, -0.25) is 4.99 Å². The lowest BCUT2D eigenvalue weighted by Gasteiger charge is -2.16. The minimum Gasteiger partial charge on any atom is -0.370 e. The van der Waals surface area contributed by atoms with Crippen LogP contribution in [0.25, 0.3) is 0 Å². The van der Waals surface area contributed by atoms with Crippen LogP contribution in [0.4, 0.5) is 5.82 Å². The molecule has 0 atom stereocenters. The molecule has 0 unspecified atom stereocenters. The molecule has 0 fully saturated rings. The zero-order valence-corrected chi connectivity index (χ0v) is 14.2. The predicted molar refractivity (Wildman–Crippen MR) is 95.4 cm³/mol. The molecule has 1 aromatic heterocycles. The molecule has 1 aromatic rings. The third kappa shape index (κ3) is 7.86. The van der Waals surface area contributed by atoms with Gasteiger partial charge < -0.3 is 16.0 Å². The van der Waals surface area contributed by atoms with Crippen LogP contribution in [0.1, 0.15) is 39.5 Å². The lowest BCUT2D eigenvalue weighted by molar-refractivity contribution is 0.481. The molecule has 1 rings (SSSR count). The van der Waals surface area contributed by atoms with Gasteiger partial charge in [0.05, 0.1) is 0 Å². The first-order valence-corrected chi connectivity index (χ1v) is 8.39. The van der Waals surface area contributed by atoms with Crippen molar-refractivity contribution in [1.82, 2.24) is 15.6 Å². The van der Waals surface area contributed by atoms with Crippen LogP contribution >= 0.6 is 0 Å². The Kier molecular flexibility index (Phi) is 9.83. The first kappa shape index (κ1) is 18.3. The Bertz CT molecular complexity index is 401. The molecule has 0 saturated carbocycles. The van der Waals surface area contributed by atoms with Gasteiger partial charge in [-0.05, 0) is 30.9 Å². The summed E-state index contributed by atoms with van der Waals surface area (Å²) in [7, 11) is 1.82. The van der Waals surface area contributed by atoms with E-state index in [2.05, 4.69) is 39.8 Å². The Labute approximate surface area is 135 Å². The van der Waals surface area contributed by atoms with Crippen LogP contribution in [-0.2, 0) is 0 Å². The fourth-order valence-corrected chi connectivity index (χ4v) is 2.18. The molecule has 5 nitrogen and oxygen atoms in total. The van der Waals surface area contributed by atoms with Crippen LogP contribution in [0.15, 0.2) is 29.4 Å². The zero-order valence-electron chi connectivity index (χ0n) is 14.2. The third-order valence-corrected chi connectivity index (χ3v) is 3.80. The Balaban J connectivity index is 2.07. The second-order valence-corrected chi connectivity index (χ2v) is 5.41. The smallest absolute Gasteiger partial charge is 0.190 e. The molecule has 0 amide bonds. The maximum atomic E-state index is 4.26. The van der Waals surface area contributed by atoms with E-state index < -0.39 is 0 Å². The van der Waals surface area contributed by atoms with Crippen LogP contribution < -0.4 is 16.0 Å². The summed E-state index contributed by atoms with van der Waals surface area (Å²) >= 11 is 0. The second kappa shape index (κ2) is 11.8. The molecule has 0 aliphatic heterocycles. The minimum absolute atomic E-state index is 0.723. The normalized spacial score (nSPS) is 11.5. The first-order valence-electron chi connectivity index (χ1n) is 8.39. The molecule has 0 aliphatic carbocycles. The molecule has 5 heteroatoms. The van der Waals surface area contributed by atoms with Gasteiger partial charge in [-0.15, -0.1) is 0 Å². The van der Waals surface area contributed by atoms with E-state index in [9.17, 15) is 0 Å². The SMILES string of the molecule is CCC(CC)CNC(=NC)NCCCCNc1ccccn1. The monoisotopic (exact) mass is 305 g/mol. The fraction of sp³-hybridized carbons (Fsp3) is 0.647. The highest BCUT2D eigenvalue weighted by Gasteiger charge is 2.04. The van der Waals surface area contributed by atoms with Crippen molar-refractivity contribution >= 4 is 11.8 Å². The van der Waals surface area contributed by atoms with Crippen LogP contribution in [-0.4, -0.2) is 37.6 Å². The molecule has 0 radical (unpaired) electrons. The minimum atomic E-state index is 0.723. The molecule has 0 saturated heterocycles. The van der Waals surface area contributed by atoms with Crippen LogP contribution in [0.5, 0.6) is 0 Å². The number of aromatic nitrogens is 1. The number of rotatable bonds is 10. The molecule has 1 heterocycles. The largest absolute Gasteiger partial charge is 0.370 e. The second-order valence-electron chi connectivity index (χ2n) is 5.41. The van der Waals surface area contributed by atoms with Gasteiger partial charge in [0, 0.05) is 32.9 Å². The van der Waals surface area contributed by atoms with E-state index in [1.807, 2.05) is 25.2 Å². The summed E-state index contributed by atoms with van der Waals surface area (Å²) in [6.07, 6.45) is 6.43. The summed E-state index contributed by atoms with van der Waals surface area (Å²) in [4.78, 5) is 8.50. The van der Waals surface area contributed by atoms with Crippen molar-refractivity contribution in [2.75, 3.05) is 32.0 Å². The van der Waals surface area contributed by atoms with Gasteiger partial charge in [-0.25, -0.2) is 4.98 Å². The van der Waals surface area contributed by atoms with E-state index in [-0.39, 0.29) is 0 Å².